The van der Waals surface area contributed by atoms with E-state index in [1.54, 1.807) is 0 Å². The Balaban J connectivity index is 2.08. The van der Waals surface area contributed by atoms with Crippen LogP contribution in [0.3, 0.4) is 0 Å². The van der Waals surface area contributed by atoms with Crippen LogP contribution >= 0.6 is 0 Å². The minimum atomic E-state index is 0.276. The van der Waals surface area contributed by atoms with E-state index in [1.165, 1.54) is 17.7 Å². The first-order chi connectivity index (χ1) is 7.18. The summed E-state index contributed by atoms with van der Waals surface area (Å²) >= 11 is 0. The fourth-order valence-electron chi connectivity index (χ4n) is 2.11. The fourth-order valence-corrected chi connectivity index (χ4v) is 2.11. The van der Waals surface area contributed by atoms with Crippen LogP contribution in [0, 0.1) is 5.92 Å². The molecule has 2 atom stereocenters. The second-order valence-electron chi connectivity index (χ2n) is 4.66. The van der Waals surface area contributed by atoms with E-state index in [-0.39, 0.29) is 6.04 Å². The predicted octanol–water partition coefficient (Wildman–Crippen LogP) is 2.03. The van der Waals surface area contributed by atoms with E-state index < -0.39 is 0 Å². The summed E-state index contributed by atoms with van der Waals surface area (Å²) in [5.74, 6) is 0.552. The van der Waals surface area contributed by atoms with Crippen LogP contribution in [0.5, 0.6) is 0 Å². The molecule has 0 aliphatic carbocycles. The van der Waals surface area contributed by atoms with Gasteiger partial charge >= 0.3 is 0 Å². The highest BCUT2D eigenvalue weighted by Crippen LogP contribution is 2.28. The van der Waals surface area contributed by atoms with Gasteiger partial charge in [0.25, 0.3) is 0 Å². The molecule has 2 unspecified atom stereocenters. The zero-order chi connectivity index (χ0) is 10.8. The van der Waals surface area contributed by atoms with Gasteiger partial charge in [-0.15, -0.1) is 0 Å². The molecule has 15 heavy (non-hydrogen) atoms. The fraction of sp³-hybridized carbons (Fsp3) is 0.538. The second kappa shape index (κ2) is 4.23. The van der Waals surface area contributed by atoms with Crippen LogP contribution in [0.1, 0.15) is 19.4 Å². The van der Waals surface area contributed by atoms with Crippen LogP contribution in [-0.2, 0) is 6.42 Å². The maximum Gasteiger partial charge on any atom is 0.0399 e. The van der Waals surface area contributed by atoms with Crippen LogP contribution in [0.2, 0.25) is 0 Å². The van der Waals surface area contributed by atoms with Gasteiger partial charge in [0.1, 0.15) is 0 Å². The Hall–Kier alpha value is -1.02. The van der Waals surface area contributed by atoms with Gasteiger partial charge in [0, 0.05) is 24.8 Å². The van der Waals surface area contributed by atoms with E-state index in [0.29, 0.717) is 5.92 Å². The van der Waals surface area contributed by atoms with Gasteiger partial charge in [-0.25, -0.2) is 0 Å². The van der Waals surface area contributed by atoms with Gasteiger partial charge in [0.2, 0.25) is 0 Å². The Morgan fingerprint density at radius 2 is 2.07 bits per heavy atom. The van der Waals surface area contributed by atoms with E-state index >= 15 is 0 Å². The molecule has 1 aliphatic heterocycles. The van der Waals surface area contributed by atoms with Crippen LogP contribution < -0.4 is 10.6 Å². The first-order valence-corrected chi connectivity index (χ1v) is 5.77. The third-order valence-corrected chi connectivity index (χ3v) is 3.39. The van der Waals surface area contributed by atoms with Crippen LogP contribution in [0.15, 0.2) is 24.3 Å². The highest BCUT2D eigenvalue weighted by Gasteiger charge is 2.20. The number of hydrogen-bond acceptors (Lipinski definition) is 2. The quantitative estimate of drug-likeness (QED) is 0.816. The van der Waals surface area contributed by atoms with E-state index in [0.717, 1.165) is 13.1 Å². The summed E-state index contributed by atoms with van der Waals surface area (Å²) in [7, 11) is 0. The molecule has 0 saturated heterocycles. The van der Waals surface area contributed by atoms with Crippen molar-refractivity contribution in [2.75, 3.05) is 18.0 Å². The molecule has 82 valence electrons. The van der Waals surface area contributed by atoms with Crippen molar-refractivity contribution in [1.82, 2.24) is 0 Å². The number of para-hydroxylation sites is 1. The van der Waals surface area contributed by atoms with Gasteiger partial charge in [-0.1, -0.05) is 25.1 Å². The van der Waals surface area contributed by atoms with Crippen LogP contribution in [0.4, 0.5) is 5.69 Å². The SMILES string of the molecule is CC(N)C(C)CN1CCc2ccccc21. The summed E-state index contributed by atoms with van der Waals surface area (Å²) in [5, 5.41) is 0. The maximum atomic E-state index is 5.91. The lowest BCUT2D eigenvalue weighted by Crippen LogP contribution is -2.35. The Bertz CT molecular complexity index is 333. The van der Waals surface area contributed by atoms with Crippen molar-refractivity contribution in [2.45, 2.75) is 26.3 Å². The monoisotopic (exact) mass is 204 g/mol. The summed E-state index contributed by atoms with van der Waals surface area (Å²) < 4.78 is 0. The molecule has 2 N–H and O–H groups in total. The molecule has 0 fully saturated rings. The lowest BCUT2D eigenvalue weighted by Gasteiger charge is -2.25. The Morgan fingerprint density at radius 3 is 2.80 bits per heavy atom. The molecule has 0 radical (unpaired) electrons. The first-order valence-electron chi connectivity index (χ1n) is 5.77. The van der Waals surface area contributed by atoms with E-state index in [1.807, 2.05) is 0 Å². The summed E-state index contributed by atoms with van der Waals surface area (Å²) in [6.07, 6.45) is 1.18. The number of nitrogens with two attached hydrogens (primary N) is 1. The predicted molar refractivity (Wildman–Crippen MR) is 65.2 cm³/mol. The Morgan fingerprint density at radius 1 is 1.33 bits per heavy atom. The molecular weight excluding hydrogens is 184 g/mol. The van der Waals surface area contributed by atoms with Gasteiger partial charge in [-0.05, 0) is 30.9 Å². The van der Waals surface area contributed by atoms with E-state index in [4.69, 9.17) is 5.73 Å². The molecule has 0 amide bonds. The molecule has 1 aromatic rings. The number of anilines is 1. The number of nitrogens with zero attached hydrogens (tertiary/aromatic N) is 1. The highest BCUT2D eigenvalue weighted by molar-refractivity contribution is 5.57. The topological polar surface area (TPSA) is 29.3 Å². The second-order valence-corrected chi connectivity index (χ2v) is 4.66. The zero-order valence-corrected chi connectivity index (χ0v) is 9.61. The Kier molecular flexibility index (Phi) is 2.96. The molecular formula is C13H20N2. The van der Waals surface area contributed by atoms with Crippen molar-refractivity contribution in [3.05, 3.63) is 29.8 Å². The summed E-state index contributed by atoms with van der Waals surface area (Å²) in [6, 6.07) is 8.96. The minimum Gasteiger partial charge on any atom is -0.371 e. The Labute approximate surface area is 92.1 Å². The zero-order valence-electron chi connectivity index (χ0n) is 9.61. The molecule has 1 aliphatic rings. The summed E-state index contributed by atoms with van der Waals surface area (Å²) in [5.41, 5.74) is 8.80. The van der Waals surface area contributed by atoms with Crippen molar-refractivity contribution in [3.63, 3.8) is 0 Å². The summed E-state index contributed by atoms with van der Waals surface area (Å²) in [4.78, 5) is 2.46. The van der Waals surface area contributed by atoms with Crippen LogP contribution in [0.25, 0.3) is 0 Å². The lowest BCUT2D eigenvalue weighted by molar-refractivity contribution is 0.480. The van der Waals surface area contributed by atoms with Crippen molar-refractivity contribution < 1.29 is 0 Å². The third-order valence-electron chi connectivity index (χ3n) is 3.39. The molecule has 2 rings (SSSR count). The number of fused-ring (bicyclic) bond motifs is 1. The van der Waals surface area contributed by atoms with Gasteiger partial charge < -0.3 is 10.6 Å². The highest BCUT2D eigenvalue weighted by atomic mass is 15.1. The van der Waals surface area contributed by atoms with Crippen LogP contribution in [-0.4, -0.2) is 19.1 Å². The normalized spacial score (nSPS) is 18.7. The average molecular weight is 204 g/mol. The van der Waals surface area contributed by atoms with E-state index in [2.05, 4.69) is 43.0 Å². The number of benzene rings is 1. The summed E-state index contributed by atoms with van der Waals surface area (Å²) in [6.45, 7) is 6.54. The molecule has 0 aromatic heterocycles. The van der Waals surface area contributed by atoms with Crippen molar-refractivity contribution in [2.24, 2.45) is 11.7 Å². The number of rotatable bonds is 3. The molecule has 0 bridgehead atoms. The van der Waals surface area contributed by atoms with E-state index in [9.17, 15) is 0 Å². The molecule has 0 saturated carbocycles. The van der Waals surface area contributed by atoms with Gasteiger partial charge in [0.15, 0.2) is 0 Å². The first kappa shape index (κ1) is 10.5. The molecule has 1 aromatic carbocycles. The molecule has 0 spiro atoms. The third kappa shape index (κ3) is 2.15. The van der Waals surface area contributed by atoms with Gasteiger partial charge in [-0.3, -0.25) is 0 Å². The maximum absolute atomic E-state index is 5.91. The number of hydrogen-bond donors (Lipinski definition) is 1. The van der Waals surface area contributed by atoms with Crippen molar-refractivity contribution >= 4 is 5.69 Å². The molecule has 2 heteroatoms. The smallest absolute Gasteiger partial charge is 0.0399 e. The van der Waals surface area contributed by atoms with Crippen molar-refractivity contribution in [1.29, 1.82) is 0 Å². The van der Waals surface area contributed by atoms with Crippen molar-refractivity contribution in [3.8, 4) is 0 Å². The van der Waals surface area contributed by atoms with Gasteiger partial charge in [0.05, 0.1) is 0 Å². The minimum absolute atomic E-state index is 0.276. The standard InChI is InChI=1S/C13H20N2/c1-10(11(2)14)9-15-8-7-12-5-3-4-6-13(12)15/h3-6,10-11H,7-9,14H2,1-2H3. The average Bonchev–Trinajstić information content (AvgIpc) is 2.62. The lowest BCUT2D eigenvalue weighted by atomic mass is 10.0. The largest absolute Gasteiger partial charge is 0.371 e. The molecule has 1 heterocycles. The van der Waals surface area contributed by atoms with Gasteiger partial charge in [-0.2, -0.15) is 0 Å². The molecule has 2 nitrogen and oxygen atoms in total.